The lowest BCUT2D eigenvalue weighted by atomic mass is 9.92. The molecule has 0 radical (unpaired) electrons. The summed E-state index contributed by atoms with van der Waals surface area (Å²) in [5, 5.41) is 10.1. The smallest absolute Gasteiger partial charge is 0.0535 e. The van der Waals surface area contributed by atoms with E-state index in [0.29, 0.717) is 0 Å². The van der Waals surface area contributed by atoms with Crippen LogP contribution in [0.25, 0.3) is 10.8 Å². The predicted octanol–water partition coefficient (Wildman–Crippen LogP) is 9.74. The number of benzene rings is 2. The lowest BCUT2D eigenvalue weighted by molar-refractivity contribution is 0.743. The summed E-state index contributed by atoms with van der Waals surface area (Å²) in [6, 6.07) is 4.65. The van der Waals surface area contributed by atoms with E-state index in [4.69, 9.17) is 0 Å². The van der Waals surface area contributed by atoms with Crippen molar-refractivity contribution < 1.29 is 0 Å². The molecule has 2 nitrogen and oxygen atoms in total. The van der Waals surface area contributed by atoms with Crippen LogP contribution in [0.3, 0.4) is 0 Å². The Morgan fingerprint density at radius 2 is 0.944 bits per heavy atom. The number of rotatable bonds is 14. The van der Waals surface area contributed by atoms with Gasteiger partial charge in [0.25, 0.3) is 0 Å². The normalized spacial score (nSPS) is 10.5. The first kappa shape index (κ1) is 29.6. The molecule has 0 saturated heterocycles. The minimum atomic E-state index is 0.957. The summed E-state index contributed by atoms with van der Waals surface area (Å²) in [4.78, 5) is 0. The topological polar surface area (TPSA) is 24.1 Å². The first-order valence-electron chi connectivity index (χ1n) is 14.6. The van der Waals surface area contributed by atoms with Crippen molar-refractivity contribution in [1.29, 1.82) is 0 Å². The molecule has 0 spiro atoms. The van der Waals surface area contributed by atoms with Gasteiger partial charge in [0.1, 0.15) is 0 Å². The zero-order chi connectivity index (χ0) is 26.2. The fourth-order valence-corrected chi connectivity index (χ4v) is 4.56. The number of fused-ring (bicyclic) bond motifs is 1. The molecule has 2 aromatic carbocycles. The molecule has 2 aromatic rings. The lowest BCUT2D eigenvalue weighted by Gasteiger charge is -2.20. The Morgan fingerprint density at radius 1 is 0.556 bits per heavy atom. The van der Waals surface area contributed by atoms with Crippen LogP contribution >= 0.6 is 0 Å². The van der Waals surface area contributed by atoms with Crippen molar-refractivity contribution in [2.45, 2.75) is 119 Å². The molecule has 0 aliphatic rings. The van der Waals surface area contributed by atoms with Crippen molar-refractivity contribution in [3.63, 3.8) is 0 Å². The third kappa shape index (κ3) is 8.82. The Bertz CT molecular complexity index is 985. The van der Waals surface area contributed by atoms with Gasteiger partial charge < -0.3 is 10.6 Å². The van der Waals surface area contributed by atoms with Crippen LogP contribution in [0, 0.1) is 37.5 Å². The molecule has 0 unspecified atom stereocenters. The van der Waals surface area contributed by atoms with Crippen molar-refractivity contribution in [2.75, 3.05) is 23.7 Å². The fraction of sp³-hybridized carbons (Fsp3) is 0.588. The van der Waals surface area contributed by atoms with E-state index < -0.39 is 0 Å². The Labute approximate surface area is 222 Å². The monoisotopic (exact) mass is 486 g/mol. The van der Waals surface area contributed by atoms with Gasteiger partial charge in [-0.2, -0.15) is 0 Å². The zero-order valence-electron chi connectivity index (χ0n) is 24.1. The molecule has 0 aliphatic heterocycles. The van der Waals surface area contributed by atoms with Crippen LogP contribution in [-0.2, 0) is 0 Å². The Balaban J connectivity index is 2.62. The number of hydrogen-bond acceptors (Lipinski definition) is 2. The Hall–Kier alpha value is -2.58. The summed E-state index contributed by atoms with van der Waals surface area (Å²) >= 11 is 0. The molecular weight excluding hydrogens is 436 g/mol. The molecule has 2 rings (SSSR count). The summed E-state index contributed by atoms with van der Waals surface area (Å²) in [6.45, 7) is 15.4. The summed E-state index contributed by atoms with van der Waals surface area (Å²) in [5.41, 5.74) is 7.26. The molecule has 0 heterocycles. The van der Waals surface area contributed by atoms with E-state index in [9.17, 15) is 0 Å². The molecule has 0 atom stereocenters. The van der Waals surface area contributed by atoms with Gasteiger partial charge in [-0.1, -0.05) is 89.9 Å². The van der Waals surface area contributed by atoms with Crippen molar-refractivity contribution in [1.82, 2.24) is 0 Å². The summed E-state index contributed by atoms with van der Waals surface area (Å²) < 4.78 is 0. The first-order chi connectivity index (χ1) is 17.6. The second-order valence-electron chi connectivity index (χ2n) is 10.0. The van der Waals surface area contributed by atoms with Crippen molar-refractivity contribution in [3.8, 4) is 23.7 Å². The van der Waals surface area contributed by atoms with Gasteiger partial charge in [-0.15, -0.1) is 0 Å². The number of unbranched alkanes of at least 4 members (excludes halogenated alkanes) is 8. The maximum Gasteiger partial charge on any atom is 0.0535 e. The second-order valence-corrected chi connectivity index (χ2v) is 10.0. The standard InChI is InChI=1S/C34H50N2/c1-7-11-15-17-21-29-25-31-28(6)34(36-24-20-14-10-4)30(22-18-16-12-8-2)26-32(31)27(5)33(29)35-23-19-13-9-3/h25-26,35-36H,7-16,19-20,23-24H2,1-6H3. The van der Waals surface area contributed by atoms with Gasteiger partial charge in [0.05, 0.1) is 11.4 Å². The molecule has 2 heteroatoms. The Morgan fingerprint density at radius 3 is 1.31 bits per heavy atom. The molecule has 0 aliphatic carbocycles. The van der Waals surface area contributed by atoms with Crippen LogP contribution < -0.4 is 10.6 Å². The highest BCUT2D eigenvalue weighted by Crippen LogP contribution is 2.36. The molecule has 0 saturated carbocycles. The van der Waals surface area contributed by atoms with Crippen LogP contribution in [-0.4, -0.2) is 13.1 Å². The fourth-order valence-electron chi connectivity index (χ4n) is 4.56. The molecule has 0 bridgehead atoms. The lowest BCUT2D eigenvalue weighted by Crippen LogP contribution is -2.08. The minimum absolute atomic E-state index is 0.957. The molecule has 36 heavy (non-hydrogen) atoms. The van der Waals surface area contributed by atoms with Crippen molar-refractivity contribution in [2.24, 2.45) is 0 Å². The van der Waals surface area contributed by atoms with E-state index in [-0.39, 0.29) is 0 Å². The third-order valence-electron chi connectivity index (χ3n) is 6.89. The maximum absolute atomic E-state index is 3.76. The molecule has 0 amide bonds. The molecular formula is C34H50N2. The van der Waals surface area contributed by atoms with E-state index in [1.165, 1.54) is 84.6 Å². The van der Waals surface area contributed by atoms with Crippen molar-refractivity contribution >= 4 is 22.1 Å². The van der Waals surface area contributed by atoms with E-state index in [0.717, 1.165) is 49.9 Å². The molecule has 196 valence electrons. The minimum Gasteiger partial charge on any atom is -0.384 e. The Kier molecular flexibility index (Phi) is 14.0. The SMILES string of the molecule is CCCCC#Cc1cc2c(C)c(NCCCCC)c(C#CCCCC)cc2c(C)c1NCCCCC. The van der Waals surface area contributed by atoms with Crippen LogP contribution in [0.5, 0.6) is 0 Å². The second kappa shape index (κ2) is 17.0. The van der Waals surface area contributed by atoms with Gasteiger partial charge in [-0.3, -0.25) is 0 Å². The first-order valence-corrected chi connectivity index (χ1v) is 14.6. The largest absolute Gasteiger partial charge is 0.384 e. The van der Waals surface area contributed by atoms with Gasteiger partial charge in [0, 0.05) is 37.1 Å². The maximum atomic E-state index is 3.76. The zero-order valence-corrected chi connectivity index (χ0v) is 24.1. The van der Waals surface area contributed by atoms with Gasteiger partial charge in [0.2, 0.25) is 0 Å². The number of nitrogens with one attached hydrogen (secondary N) is 2. The number of aryl methyl sites for hydroxylation is 2. The van der Waals surface area contributed by atoms with Gasteiger partial charge in [-0.05, 0) is 73.6 Å². The van der Waals surface area contributed by atoms with Crippen LogP contribution in [0.4, 0.5) is 11.4 Å². The van der Waals surface area contributed by atoms with E-state index in [1.54, 1.807) is 0 Å². The highest BCUT2D eigenvalue weighted by Gasteiger charge is 2.15. The van der Waals surface area contributed by atoms with Gasteiger partial charge >= 0.3 is 0 Å². The number of hydrogen-bond donors (Lipinski definition) is 2. The summed E-state index contributed by atoms with van der Waals surface area (Å²) in [7, 11) is 0. The summed E-state index contributed by atoms with van der Waals surface area (Å²) in [6.07, 6.45) is 13.9. The number of anilines is 2. The highest BCUT2D eigenvalue weighted by molar-refractivity contribution is 5.99. The summed E-state index contributed by atoms with van der Waals surface area (Å²) in [5.74, 6) is 13.9. The van der Waals surface area contributed by atoms with Crippen LogP contribution in [0.2, 0.25) is 0 Å². The average molecular weight is 487 g/mol. The van der Waals surface area contributed by atoms with Crippen LogP contribution in [0.15, 0.2) is 12.1 Å². The average Bonchev–Trinajstić information content (AvgIpc) is 2.88. The molecule has 2 N–H and O–H groups in total. The van der Waals surface area contributed by atoms with Crippen LogP contribution in [0.1, 0.15) is 127 Å². The molecule has 0 aromatic heterocycles. The van der Waals surface area contributed by atoms with Gasteiger partial charge in [-0.25, -0.2) is 0 Å². The highest BCUT2D eigenvalue weighted by atomic mass is 14.9. The predicted molar refractivity (Wildman–Crippen MR) is 162 cm³/mol. The van der Waals surface area contributed by atoms with E-state index in [2.05, 4.69) is 88.0 Å². The van der Waals surface area contributed by atoms with E-state index in [1.807, 2.05) is 0 Å². The van der Waals surface area contributed by atoms with Gasteiger partial charge in [0.15, 0.2) is 0 Å². The molecule has 0 fully saturated rings. The van der Waals surface area contributed by atoms with Crippen molar-refractivity contribution in [3.05, 3.63) is 34.4 Å². The van der Waals surface area contributed by atoms with E-state index >= 15 is 0 Å². The quantitative estimate of drug-likeness (QED) is 0.205. The third-order valence-corrected chi connectivity index (χ3v) is 6.89.